The van der Waals surface area contributed by atoms with Gasteiger partial charge in [-0.2, -0.15) is 18.3 Å². The van der Waals surface area contributed by atoms with E-state index in [2.05, 4.69) is 14.8 Å². The van der Waals surface area contributed by atoms with E-state index in [4.69, 9.17) is 11.5 Å². The van der Waals surface area contributed by atoms with Crippen molar-refractivity contribution in [2.75, 3.05) is 6.54 Å². The zero-order valence-electron chi connectivity index (χ0n) is 19.2. The largest absolute Gasteiger partial charge is 0.435 e. The van der Waals surface area contributed by atoms with Crippen molar-refractivity contribution in [3.8, 4) is 16.9 Å². The van der Waals surface area contributed by atoms with E-state index >= 15 is 0 Å². The number of unbranched alkanes of at least 4 members (excludes halogenated alkanes) is 2. The van der Waals surface area contributed by atoms with Crippen LogP contribution in [0.15, 0.2) is 64.5 Å². The summed E-state index contributed by atoms with van der Waals surface area (Å²) in [6.45, 7) is 2.45. The van der Waals surface area contributed by atoms with Gasteiger partial charge < -0.3 is 11.5 Å². The molecule has 0 atom stereocenters. The minimum absolute atomic E-state index is 0.0601. The Labute approximate surface area is 205 Å². The molecular weight excluding hydrogens is 477 g/mol. The van der Waals surface area contributed by atoms with Crippen LogP contribution in [-0.4, -0.2) is 28.2 Å². The molecule has 0 saturated heterocycles. The summed E-state index contributed by atoms with van der Waals surface area (Å²) in [5.41, 5.74) is 12.0. The summed E-state index contributed by atoms with van der Waals surface area (Å²) >= 11 is 1.15. The van der Waals surface area contributed by atoms with Crippen molar-refractivity contribution >= 4 is 23.8 Å². The van der Waals surface area contributed by atoms with Crippen LogP contribution in [0.1, 0.15) is 36.9 Å². The number of aryl methyl sites for hydroxylation is 1. The average molecular weight is 505 g/mol. The van der Waals surface area contributed by atoms with Crippen LogP contribution < -0.4 is 16.2 Å². The number of carbonyl (C=O) groups excluding carboxylic acids is 1. The number of benzene rings is 2. The van der Waals surface area contributed by atoms with Gasteiger partial charge in [0.15, 0.2) is 11.7 Å². The van der Waals surface area contributed by atoms with Gasteiger partial charge in [-0.25, -0.2) is 4.68 Å². The Hall–Kier alpha value is -3.47. The second-order valence-electron chi connectivity index (χ2n) is 7.93. The molecule has 3 aromatic rings. The van der Waals surface area contributed by atoms with Crippen molar-refractivity contribution < 1.29 is 18.0 Å². The molecule has 1 heterocycles. The first kappa shape index (κ1) is 26.1. The summed E-state index contributed by atoms with van der Waals surface area (Å²) in [5.74, 6) is -0.0469. The highest BCUT2D eigenvalue weighted by atomic mass is 32.2. The molecule has 0 saturated carbocycles. The third kappa shape index (κ3) is 7.78. The predicted octanol–water partition coefficient (Wildman–Crippen LogP) is 4.82. The quantitative estimate of drug-likeness (QED) is 0.159. The number of carbonyl (C=O) groups is 1. The number of aromatic nitrogens is 2. The molecule has 0 aliphatic carbocycles. The van der Waals surface area contributed by atoms with Crippen molar-refractivity contribution in [3.63, 3.8) is 0 Å². The minimum atomic E-state index is -4.56. The molecule has 1 aromatic heterocycles. The van der Waals surface area contributed by atoms with Crippen LogP contribution in [0.5, 0.6) is 0 Å². The molecule has 0 unspecified atom stereocenters. The lowest BCUT2D eigenvalue weighted by Crippen LogP contribution is -2.22. The zero-order chi connectivity index (χ0) is 25.4. The molecule has 0 aliphatic heterocycles. The second-order valence-corrected chi connectivity index (χ2v) is 8.81. The van der Waals surface area contributed by atoms with Gasteiger partial charge in [-0.3, -0.25) is 14.5 Å². The summed E-state index contributed by atoms with van der Waals surface area (Å²) < 4.78 is 44.1. The Balaban J connectivity index is 1.63. The Morgan fingerprint density at radius 1 is 1.06 bits per heavy atom. The third-order valence-corrected chi connectivity index (χ3v) is 5.91. The lowest BCUT2D eigenvalue weighted by Gasteiger charge is -2.09. The van der Waals surface area contributed by atoms with Crippen LogP contribution in [0.25, 0.3) is 16.9 Å². The third-order valence-electron chi connectivity index (χ3n) is 5.07. The van der Waals surface area contributed by atoms with Gasteiger partial charge in [0, 0.05) is 23.4 Å². The fourth-order valence-electron chi connectivity index (χ4n) is 3.25. The second kappa shape index (κ2) is 11.8. The monoisotopic (exact) mass is 504 g/mol. The van der Waals surface area contributed by atoms with Gasteiger partial charge in [0.25, 0.3) is 0 Å². The Morgan fingerprint density at radius 3 is 2.37 bits per heavy atom. The molecule has 186 valence electrons. The van der Waals surface area contributed by atoms with Crippen LogP contribution in [0, 0.1) is 6.92 Å². The highest BCUT2D eigenvalue weighted by molar-refractivity contribution is 7.98. The molecule has 7 nitrogen and oxygen atoms in total. The zero-order valence-corrected chi connectivity index (χ0v) is 20.0. The van der Waals surface area contributed by atoms with Crippen molar-refractivity contribution in [3.05, 3.63) is 65.9 Å². The maximum Gasteiger partial charge on any atom is 0.435 e. The topological polar surface area (TPSA) is 111 Å². The molecule has 11 heteroatoms. The lowest BCUT2D eigenvalue weighted by molar-refractivity contribution is -0.141. The number of hydrogen-bond donors (Lipinski definition) is 3. The number of guanidine groups is 1. The molecule has 0 spiro atoms. The summed E-state index contributed by atoms with van der Waals surface area (Å²) in [4.78, 5) is 16.7. The van der Waals surface area contributed by atoms with E-state index < -0.39 is 11.9 Å². The normalized spacial score (nSPS) is 11.3. The van der Waals surface area contributed by atoms with E-state index in [9.17, 15) is 18.0 Å². The fraction of sp³-hybridized carbons (Fsp3) is 0.292. The number of halogens is 3. The van der Waals surface area contributed by atoms with Gasteiger partial charge in [0.2, 0.25) is 5.91 Å². The number of alkyl halides is 3. The summed E-state index contributed by atoms with van der Waals surface area (Å²) in [5, 5.41) is 3.81. The van der Waals surface area contributed by atoms with Gasteiger partial charge in [0.1, 0.15) is 0 Å². The minimum Gasteiger partial charge on any atom is -0.370 e. The van der Waals surface area contributed by atoms with Crippen molar-refractivity contribution in [1.29, 1.82) is 0 Å². The number of hydrogen-bond acceptors (Lipinski definition) is 4. The number of nitrogens with one attached hydrogen (secondary N) is 1. The average Bonchev–Trinajstić information content (AvgIpc) is 3.27. The van der Waals surface area contributed by atoms with Crippen LogP contribution in [0.2, 0.25) is 0 Å². The number of amides is 1. The number of aliphatic imine (C=N–C) groups is 1. The Bertz CT molecular complexity index is 1150. The first-order valence-corrected chi connectivity index (χ1v) is 11.8. The Kier molecular flexibility index (Phi) is 8.80. The smallest absolute Gasteiger partial charge is 0.370 e. The van der Waals surface area contributed by atoms with Gasteiger partial charge >= 0.3 is 6.18 Å². The fourth-order valence-corrected chi connectivity index (χ4v) is 3.86. The summed E-state index contributed by atoms with van der Waals surface area (Å²) in [6.07, 6.45) is -1.84. The van der Waals surface area contributed by atoms with Crippen molar-refractivity contribution in [2.45, 2.75) is 43.7 Å². The highest BCUT2D eigenvalue weighted by Crippen LogP contribution is 2.33. The lowest BCUT2D eigenvalue weighted by atomic mass is 10.1. The van der Waals surface area contributed by atoms with E-state index in [1.165, 1.54) is 4.68 Å². The maximum absolute atomic E-state index is 13.4. The summed E-state index contributed by atoms with van der Waals surface area (Å²) in [6, 6.07) is 15.1. The SMILES string of the molecule is Cc1ccc(-c2cc(C(F)(F)F)nn2-c2ccc(SNC(=O)CCCCCN=C(N)N)cc2)cc1. The van der Waals surface area contributed by atoms with Crippen molar-refractivity contribution in [2.24, 2.45) is 16.5 Å². The summed E-state index contributed by atoms with van der Waals surface area (Å²) in [7, 11) is 0. The number of nitrogens with zero attached hydrogens (tertiary/aromatic N) is 3. The molecule has 2 aromatic carbocycles. The number of nitrogens with two attached hydrogens (primary N) is 2. The van der Waals surface area contributed by atoms with E-state index in [0.717, 1.165) is 41.3 Å². The standard InChI is InChI=1S/C24H27F3N6OS/c1-16-6-8-17(9-7-16)20-15-21(24(25,26)27)31-33(20)18-10-12-19(13-11-18)35-32-22(34)5-3-2-4-14-30-23(28)29/h6-13,15H,2-5,14H2,1H3,(H,32,34)(H4,28,29,30). The molecular formula is C24H27F3N6OS. The molecule has 0 fully saturated rings. The number of rotatable bonds is 10. The highest BCUT2D eigenvalue weighted by Gasteiger charge is 2.35. The van der Waals surface area contributed by atoms with Gasteiger partial charge in [0.05, 0.1) is 11.4 Å². The molecule has 5 N–H and O–H groups in total. The van der Waals surface area contributed by atoms with Gasteiger partial charge in [-0.05, 0) is 62.0 Å². The predicted molar refractivity (Wildman–Crippen MR) is 132 cm³/mol. The first-order valence-electron chi connectivity index (χ1n) is 11.0. The van der Waals surface area contributed by atoms with E-state index in [0.29, 0.717) is 36.3 Å². The van der Waals surface area contributed by atoms with E-state index in [-0.39, 0.29) is 11.9 Å². The van der Waals surface area contributed by atoms with E-state index in [1.807, 2.05) is 19.1 Å². The van der Waals surface area contributed by atoms with E-state index in [1.54, 1.807) is 36.4 Å². The van der Waals surface area contributed by atoms with Crippen LogP contribution >= 0.6 is 11.9 Å². The molecule has 0 bridgehead atoms. The van der Waals surface area contributed by atoms with Crippen LogP contribution in [0.4, 0.5) is 13.2 Å². The molecule has 0 aliphatic rings. The van der Waals surface area contributed by atoms with Crippen LogP contribution in [-0.2, 0) is 11.0 Å². The molecule has 0 radical (unpaired) electrons. The maximum atomic E-state index is 13.4. The van der Waals surface area contributed by atoms with Crippen molar-refractivity contribution in [1.82, 2.24) is 14.5 Å². The van der Waals surface area contributed by atoms with Gasteiger partial charge in [-0.1, -0.05) is 36.2 Å². The Morgan fingerprint density at radius 2 is 1.74 bits per heavy atom. The first-order chi connectivity index (χ1) is 16.6. The van der Waals surface area contributed by atoms with Gasteiger partial charge in [-0.15, -0.1) is 0 Å². The molecule has 1 amide bonds. The molecule has 35 heavy (non-hydrogen) atoms. The molecule has 3 rings (SSSR count). The van der Waals surface area contributed by atoms with Crippen LogP contribution in [0.3, 0.4) is 0 Å².